The molecule has 122 valence electrons. The topological polar surface area (TPSA) is 114 Å². The third-order valence-corrected chi connectivity index (χ3v) is 3.47. The summed E-state index contributed by atoms with van der Waals surface area (Å²) in [7, 11) is 0. The van der Waals surface area contributed by atoms with Gasteiger partial charge in [0.05, 0.1) is 6.61 Å². The molecule has 2 heterocycles. The minimum Gasteiger partial charge on any atom is -0.387 e. The highest BCUT2D eigenvalue weighted by Crippen LogP contribution is 2.33. The van der Waals surface area contributed by atoms with Gasteiger partial charge in [-0.05, 0) is 6.92 Å². The molecule has 0 spiro atoms. The molecule has 0 unspecified atom stereocenters. The zero-order valence-electron chi connectivity index (χ0n) is 12.4. The fraction of sp³-hybridized carbons (Fsp3) is 0.467. The Morgan fingerprint density at radius 1 is 1.57 bits per heavy atom. The van der Waals surface area contributed by atoms with Gasteiger partial charge >= 0.3 is 5.69 Å². The first kappa shape index (κ1) is 17.0. The molecule has 4 atom stereocenters. The second-order valence-electron chi connectivity index (χ2n) is 4.86. The van der Waals surface area contributed by atoms with Crippen molar-refractivity contribution in [3.05, 3.63) is 33.1 Å². The van der Waals surface area contributed by atoms with E-state index in [1.165, 1.54) is 13.1 Å². The number of nitrogens with zero attached hydrogens (tertiary/aromatic N) is 1. The normalized spacial score (nSPS) is 30.1. The lowest BCUT2D eigenvalue weighted by molar-refractivity contribution is -0.252. The lowest BCUT2D eigenvalue weighted by atomic mass is 9.87. The smallest absolute Gasteiger partial charge is 0.330 e. The van der Waals surface area contributed by atoms with Crippen molar-refractivity contribution < 1.29 is 19.7 Å². The van der Waals surface area contributed by atoms with Gasteiger partial charge in [-0.25, -0.2) is 4.79 Å². The van der Waals surface area contributed by atoms with Crippen LogP contribution in [-0.2, 0) is 9.47 Å². The Kier molecular flexibility index (Phi) is 5.04. The summed E-state index contributed by atoms with van der Waals surface area (Å²) in [6.07, 6.45) is 2.35. The molecule has 1 fully saturated rings. The number of ether oxygens (including phenoxy) is 2. The van der Waals surface area contributed by atoms with Crippen LogP contribution in [0.1, 0.15) is 13.2 Å². The number of rotatable bonds is 3. The molecule has 8 nitrogen and oxygen atoms in total. The largest absolute Gasteiger partial charge is 0.387 e. The van der Waals surface area contributed by atoms with E-state index in [2.05, 4.69) is 22.7 Å². The third-order valence-electron chi connectivity index (χ3n) is 3.47. The third kappa shape index (κ3) is 3.07. The predicted molar refractivity (Wildman–Crippen MR) is 79.3 cm³/mol. The molecule has 8 heteroatoms. The minimum absolute atomic E-state index is 0.198. The molecular weight excluding hydrogens is 304 g/mol. The van der Waals surface area contributed by atoms with Gasteiger partial charge in [0.1, 0.15) is 18.8 Å². The van der Waals surface area contributed by atoms with E-state index in [0.29, 0.717) is 0 Å². The van der Waals surface area contributed by atoms with Crippen molar-refractivity contribution >= 4 is 0 Å². The first-order chi connectivity index (χ1) is 11.0. The summed E-state index contributed by atoms with van der Waals surface area (Å²) < 4.78 is 11.7. The number of terminal acetylenes is 1. The highest BCUT2D eigenvalue weighted by atomic mass is 16.6. The maximum Gasteiger partial charge on any atom is 0.330 e. The Labute approximate surface area is 131 Å². The van der Waals surface area contributed by atoms with Crippen LogP contribution in [0.4, 0.5) is 0 Å². The van der Waals surface area contributed by atoms with Crippen molar-refractivity contribution in [2.45, 2.75) is 31.0 Å². The van der Waals surface area contributed by atoms with Crippen LogP contribution in [-0.4, -0.2) is 50.8 Å². The second-order valence-corrected chi connectivity index (χ2v) is 4.86. The molecular formula is C15H16N2O6. The van der Waals surface area contributed by atoms with Crippen LogP contribution in [0, 0.1) is 24.2 Å². The van der Waals surface area contributed by atoms with E-state index >= 15 is 0 Å². The maximum absolute atomic E-state index is 11.9. The van der Waals surface area contributed by atoms with Gasteiger partial charge in [-0.3, -0.25) is 14.3 Å². The molecule has 0 amide bonds. The predicted octanol–water partition coefficient (Wildman–Crippen LogP) is -1.80. The maximum atomic E-state index is 11.9. The summed E-state index contributed by atoms with van der Waals surface area (Å²) in [6, 6.07) is 1.11. The van der Waals surface area contributed by atoms with Gasteiger partial charge in [-0.2, -0.15) is 0 Å². The molecule has 2 rings (SSSR count). The van der Waals surface area contributed by atoms with Gasteiger partial charge in [0.2, 0.25) is 0 Å². The summed E-state index contributed by atoms with van der Waals surface area (Å²) in [5.74, 6) is 7.45. The highest BCUT2D eigenvalue weighted by Gasteiger charge is 2.53. The van der Waals surface area contributed by atoms with Crippen LogP contribution in [0.15, 0.2) is 21.9 Å². The Morgan fingerprint density at radius 2 is 2.30 bits per heavy atom. The van der Waals surface area contributed by atoms with Gasteiger partial charge in [-0.1, -0.05) is 11.8 Å². The van der Waals surface area contributed by atoms with Crippen LogP contribution < -0.4 is 11.2 Å². The van der Waals surface area contributed by atoms with Gasteiger partial charge in [0.15, 0.2) is 11.8 Å². The van der Waals surface area contributed by atoms with Crippen molar-refractivity contribution in [3.63, 3.8) is 0 Å². The standard InChI is InChI=1S/C15H16N2O6/c1-3-6-15(23-8-4-2)10(18)9-22-13(12(15)20)17-7-5-11(19)16-14(17)21/h2,5,7,10,12-13,18,20H,8-9H2,1H3,(H,16,19,21)/t10-,12+,13-,15-/m1/s1. The number of hydrogen-bond acceptors (Lipinski definition) is 6. The number of hydrogen-bond donors (Lipinski definition) is 3. The van der Waals surface area contributed by atoms with E-state index in [0.717, 1.165) is 10.6 Å². The first-order valence-corrected chi connectivity index (χ1v) is 6.76. The summed E-state index contributed by atoms with van der Waals surface area (Å²) >= 11 is 0. The zero-order chi connectivity index (χ0) is 17.0. The van der Waals surface area contributed by atoms with E-state index in [9.17, 15) is 19.8 Å². The molecule has 1 aliphatic rings. The van der Waals surface area contributed by atoms with Gasteiger partial charge in [0.25, 0.3) is 5.56 Å². The van der Waals surface area contributed by atoms with Crippen LogP contribution >= 0.6 is 0 Å². The van der Waals surface area contributed by atoms with Gasteiger partial charge in [-0.15, -0.1) is 12.3 Å². The molecule has 0 aliphatic carbocycles. The van der Waals surface area contributed by atoms with Crippen LogP contribution in [0.3, 0.4) is 0 Å². The molecule has 1 aromatic heterocycles. The van der Waals surface area contributed by atoms with Crippen molar-refractivity contribution in [2.75, 3.05) is 13.2 Å². The average molecular weight is 320 g/mol. The summed E-state index contributed by atoms with van der Waals surface area (Å²) in [5, 5.41) is 20.8. The summed E-state index contributed by atoms with van der Waals surface area (Å²) in [4.78, 5) is 25.1. The zero-order valence-corrected chi connectivity index (χ0v) is 12.4. The van der Waals surface area contributed by atoms with Crippen molar-refractivity contribution in [3.8, 4) is 24.2 Å². The number of aromatic nitrogens is 2. The molecule has 0 radical (unpaired) electrons. The first-order valence-electron chi connectivity index (χ1n) is 6.76. The van der Waals surface area contributed by atoms with Crippen LogP contribution in [0.25, 0.3) is 0 Å². The van der Waals surface area contributed by atoms with Gasteiger partial charge < -0.3 is 19.7 Å². The monoisotopic (exact) mass is 320 g/mol. The van der Waals surface area contributed by atoms with Crippen LogP contribution in [0.5, 0.6) is 0 Å². The van der Waals surface area contributed by atoms with Crippen molar-refractivity contribution in [1.82, 2.24) is 9.55 Å². The van der Waals surface area contributed by atoms with E-state index in [4.69, 9.17) is 15.9 Å². The van der Waals surface area contributed by atoms with E-state index in [-0.39, 0.29) is 13.2 Å². The molecule has 3 N–H and O–H groups in total. The Hall–Kier alpha value is -2.36. The Morgan fingerprint density at radius 3 is 2.91 bits per heavy atom. The minimum atomic E-state index is -1.71. The lowest BCUT2D eigenvalue weighted by Gasteiger charge is -2.44. The fourth-order valence-corrected chi connectivity index (χ4v) is 2.41. The second kappa shape index (κ2) is 6.82. The molecule has 1 saturated heterocycles. The molecule has 23 heavy (non-hydrogen) atoms. The van der Waals surface area contributed by atoms with Crippen molar-refractivity contribution in [1.29, 1.82) is 0 Å². The van der Waals surface area contributed by atoms with E-state index in [1.54, 1.807) is 0 Å². The number of aliphatic hydroxyl groups is 2. The quantitative estimate of drug-likeness (QED) is 0.566. The van der Waals surface area contributed by atoms with E-state index in [1.807, 2.05) is 0 Å². The number of nitrogens with one attached hydrogen (secondary N) is 1. The summed E-state index contributed by atoms with van der Waals surface area (Å²) in [5.41, 5.74) is -3.06. The SMILES string of the molecule is C#CCO[C@]1(C#CC)[C@H](O)CO[C@@H](n2ccc(=O)[nH]c2=O)[C@@H]1O. The highest BCUT2D eigenvalue weighted by molar-refractivity contribution is 5.22. The Balaban J connectivity index is 2.48. The number of aliphatic hydroxyl groups excluding tert-OH is 2. The molecule has 1 aromatic rings. The average Bonchev–Trinajstić information content (AvgIpc) is 2.51. The molecule has 1 aliphatic heterocycles. The lowest BCUT2D eigenvalue weighted by Crippen LogP contribution is -2.63. The van der Waals surface area contributed by atoms with Crippen LogP contribution in [0.2, 0.25) is 0 Å². The Bertz CT molecular complexity index is 780. The van der Waals surface area contributed by atoms with Crippen molar-refractivity contribution in [2.24, 2.45) is 0 Å². The van der Waals surface area contributed by atoms with E-state index < -0.39 is 35.3 Å². The van der Waals surface area contributed by atoms with Gasteiger partial charge in [0, 0.05) is 12.3 Å². The molecule has 0 saturated carbocycles. The summed E-state index contributed by atoms with van der Waals surface area (Å²) in [6.45, 7) is 1.07. The number of H-pyrrole nitrogens is 1. The number of aromatic amines is 1. The molecule has 0 bridgehead atoms. The molecule has 0 aromatic carbocycles. The fourth-order valence-electron chi connectivity index (χ4n) is 2.41.